The maximum atomic E-state index is 13.4. The summed E-state index contributed by atoms with van der Waals surface area (Å²) in [5.41, 5.74) is 10.8. The molecule has 1 aromatic heterocycles. The van der Waals surface area contributed by atoms with Crippen molar-refractivity contribution in [3.63, 3.8) is 0 Å². The summed E-state index contributed by atoms with van der Waals surface area (Å²) in [6, 6.07) is 20.5. The minimum Gasteiger partial charge on any atom is -0.398 e. The molecule has 1 fully saturated rings. The fraction of sp³-hybridized carbons (Fsp3) is 0.207. The molecule has 0 atom stereocenters. The number of fused-ring (bicyclic) bond motifs is 1. The minimum absolute atomic E-state index is 0.125. The van der Waals surface area contributed by atoms with E-state index in [0.29, 0.717) is 53.6 Å². The molecule has 37 heavy (non-hydrogen) atoms. The van der Waals surface area contributed by atoms with Crippen LogP contribution in [-0.4, -0.2) is 28.3 Å². The molecule has 3 aromatic carbocycles. The van der Waals surface area contributed by atoms with E-state index in [4.69, 9.17) is 5.73 Å². The van der Waals surface area contributed by atoms with Gasteiger partial charge in [-0.3, -0.25) is 14.9 Å². The van der Waals surface area contributed by atoms with Gasteiger partial charge in [0.2, 0.25) is 5.95 Å². The third-order valence-electron chi connectivity index (χ3n) is 6.50. The van der Waals surface area contributed by atoms with Crippen molar-refractivity contribution in [2.24, 2.45) is 11.7 Å². The van der Waals surface area contributed by atoms with E-state index < -0.39 is 0 Å². The van der Waals surface area contributed by atoms with Crippen LogP contribution in [0.2, 0.25) is 0 Å². The molecule has 1 aliphatic carbocycles. The Morgan fingerprint density at radius 3 is 2.38 bits per heavy atom. The topological polar surface area (TPSA) is 113 Å². The Hall–Kier alpha value is -4.46. The van der Waals surface area contributed by atoms with Gasteiger partial charge in [0.15, 0.2) is 0 Å². The van der Waals surface area contributed by atoms with Gasteiger partial charge in [-0.2, -0.15) is 0 Å². The van der Waals surface area contributed by atoms with Crippen LogP contribution in [-0.2, 0) is 11.2 Å². The van der Waals surface area contributed by atoms with Gasteiger partial charge in [0, 0.05) is 23.4 Å². The molecule has 0 aliphatic heterocycles. The average Bonchev–Trinajstić information content (AvgIpc) is 3.66. The number of hydrogen-bond acceptors (Lipinski definition) is 4. The van der Waals surface area contributed by atoms with Crippen LogP contribution in [0.5, 0.6) is 0 Å². The number of nitrogens with zero attached hydrogens (tertiary/aromatic N) is 1. The van der Waals surface area contributed by atoms with E-state index in [0.717, 1.165) is 29.4 Å². The number of halogens is 1. The molecule has 1 aliphatic rings. The number of H-pyrrole nitrogens is 1. The van der Waals surface area contributed by atoms with E-state index >= 15 is 0 Å². The highest BCUT2D eigenvalue weighted by Crippen LogP contribution is 2.27. The second-order valence-corrected chi connectivity index (χ2v) is 9.31. The number of benzene rings is 3. The minimum atomic E-state index is -0.384. The highest BCUT2D eigenvalue weighted by atomic mass is 19.1. The van der Waals surface area contributed by atoms with Crippen molar-refractivity contribution in [2.75, 3.05) is 11.9 Å². The molecule has 2 amide bonds. The summed E-state index contributed by atoms with van der Waals surface area (Å²) in [5, 5.41) is 5.77. The number of hydrogen-bond donors (Lipinski definition) is 4. The second kappa shape index (κ2) is 10.7. The van der Waals surface area contributed by atoms with Gasteiger partial charge in [0.1, 0.15) is 5.82 Å². The Kier molecular flexibility index (Phi) is 6.98. The van der Waals surface area contributed by atoms with Crippen molar-refractivity contribution in [1.29, 1.82) is 0 Å². The molecular formula is C29H28FN5O2. The molecule has 0 radical (unpaired) electrons. The highest BCUT2D eigenvalue weighted by molar-refractivity contribution is 6.08. The molecule has 0 bridgehead atoms. The van der Waals surface area contributed by atoms with E-state index in [9.17, 15) is 14.0 Å². The third-order valence-corrected chi connectivity index (χ3v) is 6.50. The molecule has 5 N–H and O–H groups in total. The molecule has 0 spiro atoms. The Labute approximate surface area is 214 Å². The van der Waals surface area contributed by atoms with Crippen LogP contribution in [0.25, 0.3) is 16.7 Å². The van der Waals surface area contributed by atoms with Crippen molar-refractivity contribution in [2.45, 2.75) is 25.7 Å². The standard InChI is InChI=1S/C29H28FN5O2/c30-22-14-7-18(8-15-22)9-16-23(28(37)35-29-33-24-3-1-2-4-25(24)34-29)26(31)20-10-12-21(13-11-20)27(36)32-17-19-5-6-19/h1-4,7-8,10-15,19H,5-6,9,16-17,31H2,(H,32,36)(H2,33,34,35,37)/b26-23-. The highest BCUT2D eigenvalue weighted by Gasteiger charge is 2.22. The van der Waals surface area contributed by atoms with E-state index in [2.05, 4.69) is 20.6 Å². The van der Waals surface area contributed by atoms with Crippen LogP contribution in [0.15, 0.2) is 78.4 Å². The summed E-state index contributed by atoms with van der Waals surface area (Å²) in [7, 11) is 0. The summed E-state index contributed by atoms with van der Waals surface area (Å²) in [6.07, 6.45) is 3.15. The first-order valence-corrected chi connectivity index (χ1v) is 12.3. The maximum Gasteiger partial charge on any atom is 0.255 e. The van der Waals surface area contributed by atoms with Crippen molar-refractivity contribution < 1.29 is 14.0 Å². The van der Waals surface area contributed by atoms with Crippen molar-refractivity contribution in [1.82, 2.24) is 15.3 Å². The lowest BCUT2D eigenvalue weighted by atomic mass is 9.98. The molecule has 1 heterocycles. The van der Waals surface area contributed by atoms with Crippen LogP contribution in [0.4, 0.5) is 10.3 Å². The smallest absolute Gasteiger partial charge is 0.255 e. The molecular weight excluding hydrogens is 469 g/mol. The first kappa shape index (κ1) is 24.2. The molecule has 188 valence electrons. The van der Waals surface area contributed by atoms with Crippen molar-refractivity contribution >= 4 is 34.5 Å². The number of anilines is 1. The van der Waals surface area contributed by atoms with Crippen LogP contribution in [0.3, 0.4) is 0 Å². The van der Waals surface area contributed by atoms with Gasteiger partial charge >= 0.3 is 0 Å². The lowest BCUT2D eigenvalue weighted by Gasteiger charge is -2.13. The summed E-state index contributed by atoms with van der Waals surface area (Å²) < 4.78 is 13.3. The molecule has 5 rings (SSSR count). The molecule has 0 unspecified atom stereocenters. The number of carbonyl (C=O) groups excluding carboxylic acids is 2. The van der Waals surface area contributed by atoms with Gasteiger partial charge in [-0.25, -0.2) is 9.37 Å². The number of nitrogens with one attached hydrogen (secondary N) is 3. The van der Waals surface area contributed by atoms with E-state index in [1.165, 1.54) is 12.1 Å². The predicted octanol–water partition coefficient (Wildman–Crippen LogP) is 4.78. The van der Waals surface area contributed by atoms with Crippen molar-refractivity contribution in [3.8, 4) is 0 Å². The lowest BCUT2D eigenvalue weighted by Crippen LogP contribution is -2.25. The summed E-state index contributed by atoms with van der Waals surface area (Å²) in [4.78, 5) is 33.3. The number of imidazole rings is 1. The van der Waals surface area contributed by atoms with Gasteiger partial charge in [-0.1, -0.05) is 36.4 Å². The normalized spacial score (nSPS) is 13.8. The Morgan fingerprint density at radius 2 is 1.68 bits per heavy atom. The summed E-state index contributed by atoms with van der Waals surface area (Å²) >= 11 is 0. The van der Waals surface area contributed by atoms with Gasteiger partial charge < -0.3 is 16.0 Å². The Balaban J connectivity index is 1.38. The number of carbonyl (C=O) groups is 2. The van der Waals surface area contributed by atoms with Crippen LogP contribution < -0.4 is 16.4 Å². The number of aryl methyl sites for hydroxylation is 1. The predicted molar refractivity (Wildman–Crippen MR) is 142 cm³/mol. The fourth-order valence-corrected chi connectivity index (χ4v) is 4.12. The molecule has 8 heteroatoms. The SMILES string of the molecule is N/C(=C(/CCc1ccc(F)cc1)C(=O)Nc1nc2ccccc2[nH]1)c1ccc(C(=O)NCC2CC2)cc1. The lowest BCUT2D eigenvalue weighted by molar-refractivity contribution is -0.113. The zero-order valence-electron chi connectivity index (χ0n) is 20.3. The zero-order valence-corrected chi connectivity index (χ0v) is 20.3. The number of aromatic amines is 1. The fourth-order valence-electron chi connectivity index (χ4n) is 4.12. The largest absolute Gasteiger partial charge is 0.398 e. The number of aromatic nitrogens is 2. The number of rotatable bonds is 9. The van der Waals surface area contributed by atoms with Crippen molar-refractivity contribution in [3.05, 3.63) is 101 Å². The van der Waals surface area contributed by atoms with Crippen LogP contribution in [0.1, 0.15) is 40.7 Å². The summed E-state index contributed by atoms with van der Waals surface area (Å²) in [5.74, 6) is 0.0877. The van der Waals surface area contributed by atoms with E-state index in [-0.39, 0.29) is 17.6 Å². The van der Waals surface area contributed by atoms with E-state index in [1.54, 1.807) is 36.4 Å². The Morgan fingerprint density at radius 1 is 0.973 bits per heavy atom. The molecule has 4 aromatic rings. The second-order valence-electron chi connectivity index (χ2n) is 9.31. The number of amides is 2. The number of para-hydroxylation sites is 2. The van der Waals surface area contributed by atoms with Gasteiger partial charge in [-0.05, 0) is 79.1 Å². The zero-order chi connectivity index (χ0) is 25.8. The molecule has 1 saturated carbocycles. The van der Waals surface area contributed by atoms with Crippen LogP contribution in [0, 0.1) is 11.7 Å². The quantitative estimate of drug-likeness (QED) is 0.249. The first-order valence-electron chi connectivity index (χ1n) is 12.3. The Bertz CT molecular complexity index is 1420. The third kappa shape index (κ3) is 6.03. The van der Waals surface area contributed by atoms with E-state index in [1.807, 2.05) is 24.3 Å². The monoisotopic (exact) mass is 497 g/mol. The molecule has 7 nitrogen and oxygen atoms in total. The van der Waals surface area contributed by atoms with Crippen LogP contribution >= 0.6 is 0 Å². The number of nitrogens with two attached hydrogens (primary N) is 1. The first-order chi connectivity index (χ1) is 18.0. The molecule has 0 saturated heterocycles. The van der Waals surface area contributed by atoms with Gasteiger partial charge in [0.25, 0.3) is 11.8 Å². The average molecular weight is 498 g/mol. The van der Waals surface area contributed by atoms with Gasteiger partial charge in [0.05, 0.1) is 11.0 Å². The van der Waals surface area contributed by atoms with Gasteiger partial charge in [-0.15, -0.1) is 0 Å². The summed E-state index contributed by atoms with van der Waals surface area (Å²) in [6.45, 7) is 0.693. The maximum absolute atomic E-state index is 13.4.